The molecule has 1 aliphatic rings. The molecule has 1 rings (SSSR count). The van der Waals surface area contributed by atoms with Gasteiger partial charge in [0.25, 0.3) is 0 Å². The van der Waals surface area contributed by atoms with Crippen molar-refractivity contribution in [2.24, 2.45) is 17.3 Å². The smallest absolute Gasteiger partial charge is 0.310 e. The Morgan fingerprint density at radius 1 is 1.50 bits per heavy atom. The maximum absolute atomic E-state index is 10.9. The Bertz CT molecular complexity index is 238. The highest BCUT2D eigenvalue weighted by Gasteiger charge is 2.62. The van der Waals surface area contributed by atoms with Crippen molar-refractivity contribution >= 4 is 5.97 Å². The van der Waals surface area contributed by atoms with E-state index in [1.807, 2.05) is 27.7 Å². The van der Waals surface area contributed by atoms with Crippen LogP contribution in [0.4, 0.5) is 0 Å². The Labute approximate surface area is 73.3 Å². The van der Waals surface area contributed by atoms with E-state index in [9.17, 15) is 4.79 Å². The van der Waals surface area contributed by atoms with Crippen LogP contribution < -0.4 is 0 Å². The molecule has 0 aromatic rings. The van der Waals surface area contributed by atoms with Crippen LogP contribution in [-0.2, 0) is 4.79 Å². The minimum absolute atomic E-state index is 0.236. The fourth-order valence-corrected chi connectivity index (χ4v) is 1.78. The summed E-state index contributed by atoms with van der Waals surface area (Å²) in [7, 11) is 0. The lowest BCUT2D eigenvalue weighted by atomic mass is 10.1. The summed E-state index contributed by atoms with van der Waals surface area (Å²) in [5.41, 5.74) is 0.703. The average Bonchev–Trinajstić information content (AvgIpc) is 2.41. The molecule has 1 N–H and O–H groups in total. The standard InChI is InChI=1S/C10H16O2/c1-6(2)5-8-7(3)10(8,4)9(11)12/h5,7-8H,1-4H3,(H,11,12). The minimum Gasteiger partial charge on any atom is -0.481 e. The van der Waals surface area contributed by atoms with Gasteiger partial charge in [0.1, 0.15) is 0 Å². The molecule has 0 aromatic heterocycles. The molecule has 2 nitrogen and oxygen atoms in total. The first kappa shape index (κ1) is 9.30. The first-order chi connectivity index (χ1) is 5.40. The molecule has 68 valence electrons. The number of aliphatic carboxylic acids is 1. The molecule has 0 aliphatic heterocycles. The van der Waals surface area contributed by atoms with Crippen molar-refractivity contribution in [1.82, 2.24) is 0 Å². The van der Waals surface area contributed by atoms with Gasteiger partial charge in [0.2, 0.25) is 0 Å². The normalized spacial score (nSPS) is 39.0. The predicted molar refractivity (Wildman–Crippen MR) is 47.8 cm³/mol. The van der Waals surface area contributed by atoms with Gasteiger partial charge in [0.05, 0.1) is 5.41 Å². The van der Waals surface area contributed by atoms with Crippen molar-refractivity contribution in [2.75, 3.05) is 0 Å². The fraction of sp³-hybridized carbons (Fsp3) is 0.700. The van der Waals surface area contributed by atoms with Crippen LogP contribution in [0.25, 0.3) is 0 Å². The molecule has 0 aromatic carbocycles. The number of carboxylic acid groups (broad SMARTS) is 1. The Balaban J connectivity index is 2.77. The van der Waals surface area contributed by atoms with E-state index in [0.29, 0.717) is 0 Å². The van der Waals surface area contributed by atoms with Gasteiger partial charge in [-0.1, -0.05) is 18.6 Å². The van der Waals surface area contributed by atoms with Crippen LogP contribution in [0.15, 0.2) is 11.6 Å². The summed E-state index contributed by atoms with van der Waals surface area (Å²) in [5, 5.41) is 8.94. The third-order valence-corrected chi connectivity index (χ3v) is 3.04. The first-order valence-corrected chi connectivity index (χ1v) is 4.29. The van der Waals surface area contributed by atoms with Gasteiger partial charge in [-0.15, -0.1) is 0 Å². The molecule has 1 aliphatic carbocycles. The Morgan fingerprint density at radius 3 is 2.25 bits per heavy atom. The molecular formula is C10H16O2. The number of hydrogen-bond donors (Lipinski definition) is 1. The summed E-state index contributed by atoms with van der Waals surface area (Å²) in [6, 6.07) is 0. The topological polar surface area (TPSA) is 37.3 Å². The second-order valence-corrected chi connectivity index (χ2v) is 4.15. The number of allylic oxidation sites excluding steroid dienone is 2. The summed E-state index contributed by atoms with van der Waals surface area (Å²) < 4.78 is 0. The Hall–Kier alpha value is -0.790. The van der Waals surface area contributed by atoms with Crippen LogP contribution in [0.5, 0.6) is 0 Å². The van der Waals surface area contributed by atoms with Gasteiger partial charge >= 0.3 is 5.97 Å². The average molecular weight is 168 g/mol. The third kappa shape index (κ3) is 1.15. The maximum atomic E-state index is 10.9. The highest BCUT2D eigenvalue weighted by atomic mass is 16.4. The predicted octanol–water partition coefficient (Wildman–Crippen LogP) is 2.31. The molecule has 0 spiro atoms. The monoisotopic (exact) mass is 168 g/mol. The van der Waals surface area contributed by atoms with Crippen LogP contribution in [-0.4, -0.2) is 11.1 Å². The molecule has 0 amide bonds. The maximum Gasteiger partial charge on any atom is 0.310 e. The quantitative estimate of drug-likeness (QED) is 0.642. The third-order valence-electron chi connectivity index (χ3n) is 3.04. The zero-order valence-corrected chi connectivity index (χ0v) is 8.09. The molecule has 2 heteroatoms. The molecular weight excluding hydrogens is 152 g/mol. The summed E-state index contributed by atoms with van der Waals surface area (Å²) in [5.74, 6) is -0.151. The van der Waals surface area contributed by atoms with Crippen LogP contribution in [0, 0.1) is 17.3 Å². The van der Waals surface area contributed by atoms with Crippen LogP contribution >= 0.6 is 0 Å². The molecule has 3 unspecified atom stereocenters. The second kappa shape index (κ2) is 2.61. The lowest BCUT2D eigenvalue weighted by Gasteiger charge is -2.01. The van der Waals surface area contributed by atoms with Crippen LogP contribution in [0.2, 0.25) is 0 Å². The highest BCUT2D eigenvalue weighted by Crippen LogP contribution is 2.59. The number of carboxylic acids is 1. The molecule has 0 bridgehead atoms. The second-order valence-electron chi connectivity index (χ2n) is 4.15. The number of rotatable bonds is 2. The van der Waals surface area contributed by atoms with E-state index < -0.39 is 11.4 Å². The zero-order chi connectivity index (χ0) is 9.52. The fourth-order valence-electron chi connectivity index (χ4n) is 1.78. The Morgan fingerprint density at radius 2 is 2.00 bits per heavy atom. The molecule has 12 heavy (non-hydrogen) atoms. The molecule has 0 radical (unpaired) electrons. The van der Waals surface area contributed by atoms with E-state index in [1.165, 1.54) is 5.57 Å². The van der Waals surface area contributed by atoms with Crippen LogP contribution in [0.3, 0.4) is 0 Å². The van der Waals surface area contributed by atoms with Gasteiger partial charge in [-0.05, 0) is 32.6 Å². The number of carbonyl (C=O) groups is 1. The molecule has 0 heterocycles. The number of hydrogen-bond acceptors (Lipinski definition) is 1. The summed E-state index contributed by atoms with van der Waals surface area (Å²) in [4.78, 5) is 10.9. The van der Waals surface area contributed by atoms with E-state index >= 15 is 0 Å². The largest absolute Gasteiger partial charge is 0.481 e. The minimum atomic E-state index is -0.669. The first-order valence-electron chi connectivity index (χ1n) is 4.29. The van der Waals surface area contributed by atoms with E-state index in [2.05, 4.69) is 6.08 Å². The van der Waals surface area contributed by atoms with Crippen molar-refractivity contribution in [3.8, 4) is 0 Å². The zero-order valence-electron chi connectivity index (χ0n) is 8.09. The highest BCUT2D eigenvalue weighted by molar-refractivity contribution is 5.79. The van der Waals surface area contributed by atoms with E-state index in [-0.39, 0.29) is 11.8 Å². The van der Waals surface area contributed by atoms with Crippen molar-refractivity contribution in [1.29, 1.82) is 0 Å². The van der Waals surface area contributed by atoms with Gasteiger partial charge in [-0.3, -0.25) is 4.79 Å². The van der Waals surface area contributed by atoms with Crippen molar-refractivity contribution < 1.29 is 9.90 Å². The summed E-state index contributed by atoms with van der Waals surface area (Å²) >= 11 is 0. The van der Waals surface area contributed by atoms with Gasteiger partial charge in [-0.25, -0.2) is 0 Å². The van der Waals surface area contributed by atoms with E-state index in [0.717, 1.165) is 0 Å². The van der Waals surface area contributed by atoms with E-state index in [4.69, 9.17) is 5.11 Å². The lowest BCUT2D eigenvalue weighted by molar-refractivity contribution is -0.143. The van der Waals surface area contributed by atoms with Crippen LogP contribution in [0.1, 0.15) is 27.7 Å². The molecule has 1 saturated carbocycles. The van der Waals surface area contributed by atoms with Crippen molar-refractivity contribution in [2.45, 2.75) is 27.7 Å². The van der Waals surface area contributed by atoms with Gasteiger partial charge in [0.15, 0.2) is 0 Å². The van der Waals surface area contributed by atoms with E-state index in [1.54, 1.807) is 0 Å². The molecule has 0 saturated heterocycles. The lowest BCUT2D eigenvalue weighted by Crippen LogP contribution is -2.13. The van der Waals surface area contributed by atoms with Gasteiger partial charge in [0, 0.05) is 0 Å². The molecule has 3 atom stereocenters. The molecule has 1 fully saturated rings. The van der Waals surface area contributed by atoms with Gasteiger partial charge in [-0.2, -0.15) is 0 Å². The van der Waals surface area contributed by atoms with Crippen molar-refractivity contribution in [3.05, 3.63) is 11.6 Å². The summed E-state index contributed by atoms with van der Waals surface area (Å²) in [6.45, 7) is 7.84. The van der Waals surface area contributed by atoms with Gasteiger partial charge < -0.3 is 5.11 Å². The SMILES string of the molecule is CC(C)=CC1C(C)C1(C)C(=O)O. The summed E-state index contributed by atoms with van der Waals surface area (Å²) in [6.07, 6.45) is 2.07. The van der Waals surface area contributed by atoms with Crippen molar-refractivity contribution in [3.63, 3.8) is 0 Å². The Kier molecular flexibility index (Phi) is 2.02.